The van der Waals surface area contributed by atoms with Gasteiger partial charge in [0, 0.05) is 5.56 Å². The first-order valence-corrected chi connectivity index (χ1v) is 11.7. The van der Waals surface area contributed by atoms with Crippen molar-refractivity contribution in [1.82, 2.24) is 4.31 Å². The molecule has 1 saturated heterocycles. The fourth-order valence-corrected chi connectivity index (χ4v) is 5.46. The Bertz CT molecular complexity index is 1260. The zero-order valence-electron chi connectivity index (χ0n) is 17.6. The van der Waals surface area contributed by atoms with Crippen LogP contribution in [0, 0.1) is 5.82 Å². The van der Waals surface area contributed by atoms with E-state index in [1.165, 1.54) is 22.5 Å². The van der Waals surface area contributed by atoms with Crippen LogP contribution in [0.1, 0.15) is 11.1 Å². The van der Waals surface area contributed by atoms with Crippen molar-refractivity contribution in [3.8, 4) is 5.75 Å². The molecule has 0 amide bonds. The molecule has 1 atom stereocenters. The van der Waals surface area contributed by atoms with E-state index in [9.17, 15) is 17.6 Å². The van der Waals surface area contributed by atoms with Crippen LogP contribution in [0.25, 0.3) is 0 Å². The number of nitrogens with zero attached hydrogens (tertiary/aromatic N) is 1. The van der Waals surface area contributed by atoms with Crippen molar-refractivity contribution in [3.05, 3.63) is 95.8 Å². The molecule has 0 saturated carbocycles. The molecule has 7 nitrogen and oxygen atoms in total. The van der Waals surface area contributed by atoms with E-state index < -0.39 is 33.5 Å². The minimum atomic E-state index is -3.92. The number of para-hydroxylation sites is 1. The Morgan fingerprint density at radius 3 is 2.39 bits per heavy atom. The van der Waals surface area contributed by atoms with Gasteiger partial charge in [0.05, 0.1) is 18.0 Å². The number of halogens is 1. The number of sulfonamides is 1. The van der Waals surface area contributed by atoms with Crippen molar-refractivity contribution < 1.29 is 27.4 Å². The van der Waals surface area contributed by atoms with Gasteiger partial charge < -0.3 is 15.6 Å². The summed E-state index contributed by atoms with van der Waals surface area (Å²) in [6.07, 6.45) is -0.00498. The summed E-state index contributed by atoms with van der Waals surface area (Å²) in [5, 5.41) is 9.02. The molecule has 0 radical (unpaired) electrons. The van der Waals surface area contributed by atoms with E-state index in [1.54, 1.807) is 54.6 Å². The van der Waals surface area contributed by atoms with Gasteiger partial charge in [0.1, 0.15) is 17.6 Å². The predicted molar refractivity (Wildman–Crippen MR) is 120 cm³/mol. The maximum Gasteiger partial charge on any atom is 0.320 e. The summed E-state index contributed by atoms with van der Waals surface area (Å²) in [6.45, 7) is -0.159. The number of carboxylic acid groups (broad SMARTS) is 1. The predicted octanol–water partition coefficient (Wildman–Crippen LogP) is 2.76. The quantitative estimate of drug-likeness (QED) is 0.524. The SMILES string of the molecule is NC(Cc1cccc(S(=O)(=O)N2CC(Oc3ccccc3)(c3ccccc3F)C2)c1)C(=O)O. The fourth-order valence-electron chi connectivity index (χ4n) is 3.85. The molecule has 0 bridgehead atoms. The van der Waals surface area contributed by atoms with E-state index in [1.807, 2.05) is 6.07 Å². The molecule has 0 aliphatic carbocycles. The number of carboxylic acids is 1. The third-order valence-electron chi connectivity index (χ3n) is 5.59. The summed E-state index contributed by atoms with van der Waals surface area (Å²) in [5.74, 6) is -1.14. The first-order chi connectivity index (χ1) is 15.7. The minimum Gasteiger partial charge on any atom is -0.480 e. The molecule has 3 aromatic rings. The van der Waals surface area contributed by atoms with Crippen molar-refractivity contribution >= 4 is 16.0 Å². The average molecular weight is 471 g/mol. The lowest BCUT2D eigenvalue weighted by Crippen LogP contribution is -2.64. The highest BCUT2D eigenvalue weighted by molar-refractivity contribution is 7.89. The number of hydrogen-bond acceptors (Lipinski definition) is 5. The summed E-state index contributed by atoms with van der Waals surface area (Å²) in [7, 11) is -3.92. The monoisotopic (exact) mass is 470 g/mol. The van der Waals surface area contributed by atoms with Crippen molar-refractivity contribution in [3.63, 3.8) is 0 Å². The molecule has 1 unspecified atom stereocenters. The van der Waals surface area contributed by atoms with Crippen LogP contribution in [-0.4, -0.2) is 42.9 Å². The first kappa shape index (κ1) is 22.9. The van der Waals surface area contributed by atoms with Gasteiger partial charge in [-0.1, -0.05) is 48.5 Å². The number of aliphatic carboxylic acids is 1. The minimum absolute atomic E-state index is 0.00498. The molecule has 33 heavy (non-hydrogen) atoms. The number of rotatable bonds is 8. The molecule has 1 aliphatic heterocycles. The molecular weight excluding hydrogens is 447 g/mol. The molecule has 3 N–H and O–H groups in total. The highest BCUT2D eigenvalue weighted by Gasteiger charge is 2.53. The molecule has 4 rings (SSSR count). The second kappa shape index (κ2) is 8.93. The van der Waals surface area contributed by atoms with Crippen molar-refractivity contribution in [1.29, 1.82) is 0 Å². The molecule has 3 aromatic carbocycles. The smallest absolute Gasteiger partial charge is 0.320 e. The van der Waals surface area contributed by atoms with Crippen molar-refractivity contribution in [2.45, 2.75) is 23.0 Å². The maximum atomic E-state index is 14.7. The van der Waals surface area contributed by atoms with E-state index >= 15 is 0 Å². The van der Waals surface area contributed by atoms with Crippen LogP contribution in [-0.2, 0) is 26.8 Å². The Kier molecular flexibility index (Phi) is 6.20. The standard InChI is InChI=1S/C24H23FN2O5S/c25-21-12-5-4-11-20(21)24(32-18-8-2-1-3-9-18)15-27(16-24)33(30,31)19-10-6-7-17(13-19)14-22(26)23(28)29/h1-13,22H,14-16,26H2,(H,28,29). The Morgan fingerprint density at radius 1 is 1.06 bits per heavy atom. The van der Waals surface area contributed by atoms with Crippen LogP contribution < -0.4 is 10.5 Å². The number of ether oxygens (including phenoxy) is 1. The normalized spacial score (nSPS) is 16.5. The van der Waals surface area contributed by atoms with Crippen molar-refractivity contribution in [2.24, 2.45) is 5.73 Å². The van der Waals surface area contributed by atoms with E-state index in [0.717, 1.165) is 0 Å². The lowest BCUT2D eigenvalue weighted by atomic mass is 9.87. The van der Waals surface area contributed by atoms with Crippen LogP contribution in [0.3, 0.4) is 0 Å². The topological polar surface area (TPSA) is 110 Å². The maximum absolute atomic E-state index is 14.7. The summed E-state index contributed by atoms with van der Waals surface area (Å²) in [6, 6.07) is 19.9. The zero-order chi connectivity index (χ0) is 23.6. The van der Waals surface area contributed by atoms with E-state index in [0.29, 0.717) is 11.3 Å². The van der Waals surface area contributed by atoms with Gasteiger partial charge in [-0.3, -0.25) is 4.79 Å². The van der Waals surface area contributed by atoms with Gasteiger partial charge in [-0.25, -0.2) is 12.8 Å². The Balaban J connectivity index is 1.61. The van der Waals surface area contributed by atoms with Crippen molar-refractivity contribution in [2.75, 3.05) is 13.1 Å². The van der Waals surface area contributed by atoms with E-state index in [4.69, 9.17) is 15.6 Å². The molecule has 1 aliphatic rings. The highest BCUT2D eigenvalue weighted by Crippen LogP contribution is 2.41. The molecule has 0 aromatic heterocycles. The molecule has 9 heteroatoms. The first-order valence-electron chi connectivity index (χ1n) is 10.3. The largest absolute Gasteiger partial charge is 0.480 e. The van der Waals surface area contributed by atoms with Crippen LogP contribution in [0.2, 0.25) is 0 Å². The van der Waals surface area contributed by atoms with E-state index in [2.05, 4.69) is 0 Å². The molecular formula is C24H23FN2O5S. The third-order valence-corrected chi connectivity index (χ3v) is 7.38. The summed E-state index contributed by atoms with van der Waals surface area (Å²) >= 11 is 0. The van der Waals surface area contributed by atoms with Crippen LogP contribution in [0.15, 0.2) is 83.8 Å². The zero-order valence-corrected chi connectivity index (χ0v) is 18.4. The fraction of sp³-hybridized carbons (Fsp3) is 0.208. The Morgan fingerprint density at radius 2 is 1.73 bits per heavy atom. The second-order valence-corrected chi connectivity index (χ2v) is 9.90. The molecule has 1 fully saturated rings. The molecule has 0 spiro atoms. The lowest BCUT2D eigenvalue weighted by Gasteiger charge is -2.48. The average Bonchev–Trinajstić information content (AvgIpc) is 2.77. The van der Waals surface area contributed by atoms with Gasteiger partial charge in [0.25, 0.3) is 0 Å². The molecule has 172 valence electrons. The van der Waals surface area contributed by atoms with Gasteiger partial charge in [-0.15, -0.1) is 0 Å². The number of benzene rings is 3. The summed E-state index contributed by atoms with van der Waals surface area (Å²) in [5.41, 5.74) is 5.18. The van der Waals surface area contributed by atoms with Crippen LogP contribution in [0.5, 0.6) is 5.75 Å². The Labute approximate surface area is 191 Å². The number of nitrogens with two attached hydrogens (primary N) is 1. The summed E-state index contributed by atoms with van der Waals surface area (Å²) in [4.78, 5) is 11.1. The van der Waals surface area contributed by atoms with E-state index in [-0.39, 0.29) is 30.0 Å². The van der Waals surface area contributed by atoms with Gasteiger partial charge in [-0.05, 0) is 42.3 Å². The second-order valence-electron chi connectivity index (χ2n) is 7.96. The Hall–Kier alpha value is -3.27. The number of carbonyl (C=O) groups is 1. The number of hydrogen-bond donors (Lipinski definition) is 2. The molecule has 1 heterocycles. The third kappa shape index (κ3) is 4.61. The van der Waals surface area contributed by atoms with Gasteiger partial charge in [-0.2, -0.15) is 4.31 Å². The van der Waals surface area contributed by atoms with Crippen LogP contribution >= 0.6 is 0 Å². The van der Waals surface area contributed by atoms with Gasteiger partial charge in [0.2, 0.25) is 10.0 Å². The summed E-state index contributed by atoms with van der Waals surface area (Å²) < 4.78 is 48.6. The highest BCUT2D eigenvalue weighted by atomic mass is 32.2. The van der Waals surface area contributed by atoms with Gasteiger partial charge >= 0.3 is 5.97 Å². The lowest BCUT2D eigenvalue weighted by molar-refractivity contribution is -0.138. The van der Waals surface area contributed by atoms with Crippen LogP contribution in [0.4, 0.5) is 4.39 Å². The van der Waals surface area contributed by atoms with Gasteiger partial charge in [0.15, 0.2) is 5.60 Å².